The summed E-state index contributed by atoms with van der Waals surface area (Å²) < 4.78 is 5.59. The number of nitrogens with zero attached hydrogens (tertiary/aromatic N) is 3. The molecule has 2 aromatic rings. The molecule has 4 rings (SSSR count). The van der Waals surface area contributed by atoms with Gasteiger partial charge < -0.3 is 9.64 Å². The minimum Gasteiger partial charge on any atom is -0.496 e. The first-order chi connectivity index (χ1) is 11.8. The van der Waals surface area contributed by atoms with Crippen molar-refractivity contribution in [3.63, 3.8) is 0 Å². The van der Waals surface area contributed by atoms with Gasteiger partial charge in [0.05, 0.1) is 12.8 Å². The van der Waals surface area contributed by atoms with E-state index in [0.717, 1.165) is 47.1 Å². The second kappa shape index (κ2) is 6.34. The summed E-state index contributed by atoms with van der Waals surface area (Å²) in [5, 5.41) is 0. The molecule has 0 amide bonds. The summed E-state index contributed by atoms with van der Waals surface area (Å²) >= 11 is 0. The van der Waals surface area contributed by atoms with Crippen molar-refractivity contribution in [2.24, 2.45) is 4.99 Å². The van der Waals surface area contributed by atoms with E-state index in [9.17, 15) is 0 Å². The zero-order chi connectivity index (χ0) is 16.4. The van der Waals surface area contributed by atoms with Crippen molar-refractivity contribution in [1.29, 1.82) is 0 Å². The molecule has 0 bridgehead atoms. The van der Waals surface area contributed by atoms with Gasteiger partial charge in [0.2, 0.25) is 0 Å². The smallest absolute Gasteiger partial charge is 0.128 e. The second-order valence-corrected chi connectivity index (χ2v) is 5.93. The zero-order valence-electron chi connectivity index (χ0n) is 13.7. The van der Waals surface area contributed by atoms with Gasteiger partial charge >= 0.3 is 0 Å². The molecule has 0 radical (unpaired) electrons. The average Bonchev–Trinajstić information content (AvgIpc) is 2.67. The zero-order valence-corrected chi connectivity index (χ0v) is 13.7. The van der Waals surface area contributed by atoms with Crippen LogP contribution in [0.1, 0.15) is 24.8 Å². The first-order valence-corrected chi connectivity index (χ1v) is 8.26. The molecule has 0 N–H and O–H groups in total. The highest BCUT2D eigenvalue weighted by atomic mass is 16.5. The molecule has 2 aliphatic rings. The first kappa shape index (κ1) is 14.7. The maximum Gasteiger partial charge on any atom is 0.128 e. The fraction of sp³-hybridized carbons (Fsp3) is 0.250. The van der Waals surface area contributed by atoms with E-state index < -0.39 is 0 Å². The van der Waals surface area contributed by atoms with E-state index in [0.29, 0.717) is 0 Å². The van der Waals surface area contributed by atoms with Crippen molar-refractivity contribution in [2.75, 3.05) is 13.7 Å². The molecule has 1 saturated heterocycles. The van der Waals surface area contributed by atoms with Gasteiger partial charge in [-0.05, 0) is 37.1 Å². The fourth-order valence-electron chi connectivity index (χ4n) is 3.12. The molecule has 1 aromatic carbocycles. The van der Waals surface area contributed by atoms with E-state index in [1.165, 1.54) is 12.8 Å². The Bertz CT molecular complexity index is 848. The fourth-order valence-corrected chi connectivity index (χ4v) is 3.12. The highest BCUT2D eigenvalue weighted by Gasteiger charge is 2.18. The number of methoxy groups -OCH3 is 1. The normalized spacial score (nSPS) is 16.3. The quantitative estimate of drug-likeness (QED) is 0.800. The largest absolute Gasteiger partial charge is 0.496 e. The van der Waals surface area contributed by atoms with Crippen molar-refractivity contribution in [1.82, 2.24) is 9.88 Å². The summed E-state index contributed by atoms with van der Waals surface area (Å²) in [5.41, 5.74) is 7.07. The van der Waals surface area contributed by atoms with Crippen molar-refractivity contribution in [2.45, 2.75) is 19.3 Å². The van der Waals surface area contributed by atoms with E-state index in [1.807, 2.05) is 36.5 Å². The van der Waals surface area contributed by atoms with Gasteiger partial charge in [0.15, 0.2) is 0 Å². The third kappa shape index (κ3) is 2.72. The van der Waals surface area contributed by atoms with Crippen LogP contribution in [0.5, 0.6) is 5.75 Å². The summed E-state index contributed by atoms with van der Waals surface area (Å²) in [5.74, 6) is 1.94. The SMILES string of the molecule is COc1cc(C2=C=CN3CCCCC3=N2)ccc1-c1ccccn1. The molecule has 0 aliphatic carbocycles. The molecule has 3 heterocycles. The van der Waals surface area contributed by atoms with Crippen LogP contribution in [0.3, 0.4) is 0 Å². The molecule has 4 heteroatoms. The molecule has 0 unspecified atom stereocenters. The molecule has 120 valence electrons. The summed E-state index contributed by atoms with van der Waals surface area (Å²) in [6, 6.07) is 12.0. The number of hydrogen-bond donors (Lipinski definition) is 0. The van der Waals surface area contributed by atoms with Gasteiger partial charge in [0.1, 0.15) is 17.3 Å². The predicted molar refractivity (Wildman–Crippen MR) is 95.7 cm³/mol. The lowest BCUT2D eigenvalue weighted by molar-refractivity contribution is 0.416. The Morgan fingerprint density at radius 1 is 1.17 bits per heavy atom. The third-order valence-electron chi connectivity index (χ3n) is 4.39. The number of aliphatic imine (C=N–C) groups is 1. The van der Waals surface area contributed by atoms with Crippen molar-refractivity contribution < 1.29 is 4.74 Å². The molecular formula is C20H19N3O. The van der Waals surface area contributed by atoms with E-state index >= 15 is 0 Å². The molecule has 4 nitrogen and oxygen atoms in total. The Morgan fingerprint density at radius 2 is 2.12 bits per heavy atom. The summed E-state index contributed by atoms with van der Waals surface area (Å²) in [4.78, 5) is 11.4. The minimum absolute atomic E-state index is 0.798. The molecule has 0 saturated carbocycles. The summed E-state index contributed by atoms with van der Waals surface area (Å²) in [6.07, 6.45) is 7.27. The molecular weight excluding hydrogens is 298 g/mol. The molecule has 1 fully saturated rings. The second-order valence-electron chi connectivity index (χ2n) is 5.93. The van der Waals surface area contributed by atoms with Crippen LogP contribution in [0.25, 0.3) is 17.0 Å². The number of benzene rings is 1. The lowest BCUT2D eigenvalue weighted by Gasteiger charge is -2.28. The number of hydrogen-bond acceptors (Lipinski definition) is 4. The lowest BCUT2D eigenvalue weighted by atomic mass is 10.0. The van der Waals surface area contributed by atoms with Gasteiger partial charge in [-0.2, -0.15) is 0 Å². The van der Waals surface area contributed by atoms with Crippen LogP contribution >= 0.6 is 0 Å². The van der Waals surface area contributed by atoms with Gasteiger partial charge in [-0.25, -0.2) is 4.99 Å². The van der Waals surface area contributed by atoms with E-state index in [4.69, 9.17) is 9.73 Å². The van der Waals surface area contributed by atoms with E-state index in [2.05, 4.69) is 21.7 Å². The number of rotatable bonds is 3. The number of piperidine rings is 1. The van der Waals surface area contributed by atoms with Gasteiger partial charge in [-0.15, -0.1) is 0 Å². The average molecular weight is 317 g/mol. The number of aromatic nitrogens is 1. The maximum atomic E-state index is 5.59. The standard InChI is InChI=1S/C20H19N3O/c1-24-19-14-15(8-9-16(19)18-6-2-4-11-21-18)17-10-13-23-12-5-3-7-20(23)22-17/h2,4,6,8-9,11,13-14H,3,5,7,12H2,1H3. The first-order valence-electron chi connectivity index (χ1n) is 8.26. The highest BCUT2D eigenvalue weighted by Crippen LogP contribution is 2.32. The monoisotopic (exact) mass is 317 g/mol. The minimum atomic E-state index is 0.798. The van der Waals surface area contributed by atoms with Crippen LogP contribution in [0.2, 0.25) is 0 Å². The Kier molecular flexibility index (Phi) is 3.89. The Labute approximate surface area is 141 Å². The van der Waals surface area contributed by atoms with Crippen molar-refractivity contribution in [3.8, 4) is 17.0 Å². The van der Waals surface area contributed by atoms with Crippen LogP contribution in [0.4, 0.5) is 0 Å². The van der Waals surface area contributed by atoms with Gasteiger partial charge in [0.25, 0.3) is 0 Å². The van der Waals surface area contributed by atoms with E-state index in [-0.39, 0.29) is 0 Å². The van der Waals surface area contributed by atoms with Crippen LogP contribution in [0.15, 0.2) is 59.5 Å². The number of fused-ring (bicyclic) bond motifs is 1. The maximum absolute atomic E-state index is 5.59. The topological polar surface area (TPSA) is 37.7 Å². The Morgan fingerprint density at radius 3 is 2.96 bits per heavy atom. The number of amidine groups is 1. The molecule has 0 atom stereocenters. The Balaban J connectivity index is 1.73. The molecule has 24 heavy (non-hydrogen) atoms. The third-order valence-corrected chi connectivity index (χ3v) is 4.39. The number of pyridine rings is 1. The summed E-state index contributed by atoms with van der Waals surface area (Å²) in [7, 11) is 1.69. The predicted octanol–water partition coefficient (Wildman–Crippen LogP) is 4.11. The van der Waals surface area contributed by atoms with Crippen LogP contribution in [-0.4, -0.2) is 29.4 Å². The highest BCUT2D eigenvalue weighted by molar-refractivity contribution is 5.91. The Hall–Kier alpha value is -2.84. The van der Waals surface area contributed by atoms with Crippen molar-refractivity contribution >= 4 is 11.5 Å². The van der Waals surface area contributed by atoms with Crippen molar-refractivity contribution in [3.05, 3.63) is 60.1 Å². The lowest BCUT2D eigenvalue weighted by Crippen LogP contribution is -2.31. The molecule has 0 spiro atoms. The van der Waals surface area contributed by atoms with E-state index in [1.54, 1.807) is 13.3 Å². The van der Waals surface area contributed by atoms with Crippen LogP contribution in [0, 0.1) is 0 Å². The van der Waals surface area contributed by atoms with Crippen LogP contribution < -0.4 is 4.74 Å². The number of ether oxygens (including phenoxy) is 1. The molecule has 1 aromatic heterocycles. The van der Waals surface area contributed by atoms with Crippen LogP contribution in [-0.2, 0) is 0 Å². The molecule has 2 aliphatic heterocycles. The van der Waals surface area contributed by atoms with Gasteiger partial charge in [-0.1, -0.05) is 17.9 Å². The van der Waals surface area contributed by atoms with Gasteiger partial charge in [0, 0.05) is 36.5 Å². The van der Waals surface area contributed by atoms with Gasteiger partial charge in [-0.3, -0.25) is 4.98 Å². The summed E-state index contributed by atoms with van der Waals surface area (Å²) in [6.45, 7) is 1.04.